The standard InChI is InChI=1S/C67H42N2/c1-2-19-44(20-3-1)68-63-35-17-12-29-55(63)56-39-37-43(41-65(56)68)46-21-11-16-34-62(46)69(45-38-40-51-49-24-5-4-22-47(49)48-23-6-7-25-50(48)58(51)42-45)64-36-18-30-57-54-28-10-15-33-61(54)67(66(57)64)59-31-13-8-26-52(59)53-27-9-14-32-60(53)67/h1-42H. The van der Waals surface area contributed by atoms with Crippen LogP contribution in [0.5, 0.6) is 0 Å². The maximum atomic E-state index is 2.59. The molecule has 2 nitrogen and oxygen atoms in total. The predicted molar refractivity (Wildman–Crippen MR) is 290 cm³/mol. The van der Waals surface area contributed by atoms with Gasteiger partial charge in [0.25, 0.3) is 0 Å². The van der Waals surface area contributed by atoms with Crippen LogP contribution >= 0.6 is 0 Å². The molecule has 2 heteroatoms. The van der Waals surface area contributed by atoms with Gasteiger partial charge in [0.1, 0.15) is 0 Å². The lowest BCUT2D eigenvalue weighted by Crippen LogP contribution is -2.28. The number of aromatic nitrogens is 1. The fourth-order valence-corrected chi connectivity index (χ4v) is 12.7. The van der Waals surface area contributed by atoms with E-state index in [4.69, 9.17) is 0 Å². The Kier molecular flexibility index (Phi) is 8.02. The van der Waals surface area contributed by atoms with Crippen LogP contribution in [0.25, 0.3) is 93.2 Å². The second-order valence-corrected chi connectivity index (χ2v) is 18.7. The molecule has 0 saturated heterocycles. The molecule has 0 radical (unpaired) electrons. The average molecular weight is 875 g/mol. The number of hydrogen-bond donors (Lipinski definition) is 0. The smallest absolute Gasteiger partial charge is 0.0746 e. The highest BCUT2D eigenvalue weighted by molar-refractivity contribution is 6.26. The summed E-state index contributed by atoms with van der Waals surface area (Å²) in [5.74, 6) is 0. The zero-order chi connectivity index (χ0) is 45.2. The van der Waals surface area contributed by atoms with Gasteiger partial charge in [-0.25, -0.2) is 0 Å². The van der Waals surface area contributed by atoms with E-state index in [1.54, 1.807) is 0 Å². The first-order valence-corrected chi connectivity index (χ1v) is 24.0. The molecule has 0 amide bonds. The average Bonchev–Trinajstić information content (AvgIpc) is 4.03. The quantitative estimate of drug-likeness (QED) is 0.156. The fourth-order valence-electron chi connectivity index (χ4n) is 12.7. The lowest BCUT2D eigenvalue weighted by atomic mass is 9.70. The summed E-state index contributed by atoms with van der Waals surface area (Å²) in [5, 5.41) is 10.0. The third-order valence-corrected chi connectivity index (χ3v) is 15.4. The Bertz CT molecular complexity index is 4170. The Hall–Kier alpha value is -8.98. The highest BCUT2D eigenvalue weighted by Crippen LogP contribution is 2.65. The Morgan fingerprint density at radius 3 is 1.42 bits per heavy atom. The molecule has 69 heavy (non-hydrogen) atoms. The van der Waals surface area contributed by atoms with Crippen molar-refractivity contribution in [1.29, 1.82) is 0 Å². The fraction of sp³-hybridized carbons (Fsp3) is 0.0149. The van der Waals surface area contributed by atoms with Crippen LogP contribution in [0.4, 0.5) is 17.1 Å². The predicted octanol–water partition coefficient (Wildman–Crippen LogP) is 17.7. The number of hydrogen-bond acceptors (Lipinski definition) is 1. The minimum absolute atomic E-state index is 0.557. The molecule has 0 unspecified atom stereocenters. The Morgan fingerprint density at radius 2 is 0.754 bits per heavy atom. The molecule has 15 rings (SSSR count). The molecular formula is C67H42N2. The molecule has 320 valence electrons. The summed E-state index contributed by atoms with van der Waals surface area (Å²) in [6, 6.07) is 95.1. The van der Waals surface area contributed by atoms with E-state index in [2.05, 4.69) is 264 Å². The van der Waals surface area contributed by atoms with Crippen LogP contribution in [0.3, 0.4) is 0 Å². The van der Waals surface area contributed by atoms with Crippen molar-refractivity contribution in [3.8, 4) is 39.1 Å². The van der Waals surface area contributed by atoms with Crippen molar-refractivity contribution in [2.45, 2.75) is 5.41 Å². The van der Waals surface area contributed by atoms with Gasteiger partial charge in [0, 0.05) is 33.3 Å². The van der Waals surface area contributed by atoms with Crippen LogP contribution in [0.2, 0.25) is 0 Å². The van der Waals surface area contributed by atoms with E-state index in [-0.39, 0.29) is 0 Å². The molecule has 0 aliphatic heterocycles. The summed E-state index contributed by atoms with van der Waals surface area (Å²) in [6.45, 7) is 0. The summed E-state index contributed by atoms with van der Waals surface area (Å²) in [5.41, 5.74) is 19.1. The molecule has 0 atom stereocenters. The van der Waals surface area contributed by atoms with Gasteiger partial charge in [0.05, 0.1) is 27.8 Å². The van der Waals surface area contributed by atoms with Gasteiger partial charge < -0.3 is 9.47 Å². The van der Waals surface area contributed by atoms with E-state index in [1.165, 1.54) is 98.6 Å². The minimum atomic E-state index is -0.557. The maximum Gasteiger partial charge on any atom is 0.0746 e. The monoisotopic (exact) mass is 874 g/mol. The van der Waals surface area contributed by atoms with Crippen molar-refractivity contribution < 1.29 is 0 Å². The van der Waals surface area contributed by atoms with Crippen LogP contribution in [-0.2, 0) is 5.41 Å². The molecule has 12 aromatic carbocycles. The van der Waals surface area contributed by atoms with Crippen LogP contribution < -0.4 is 4.90 Å². The first-order valence-electron chi connectivity index (χ1n) is 24.0. The van der Waals surface area contributed by atoms with Crippen molar-refractivity contribution >= 4 is 71.2 Å². The lowest BCUT2D eigenvalue weighted by Gasteiger charge is -2.36. The van der Waals surface area contributed by atoms with E-state index in [9.17, 15) is 0 Å². The third-order valence-electron chi connectivity index (χ3n) is 15.4. The van der Waals surface area contributed by atoms with Crippen molar-refractivity contribution in [3.05, 3.63) is 277 Å². The molecular weight excluding hydrogens is 833 g/mol. The number of rotatable bonds is 5. The molecule has 2 aliphatic carbocycles. The van der Waals surface area contributed by atoms with Crippen LogP contribution in [-0.4, -0.2) is 4.57 Å². The summed E-state index contributed by atoms with van der Waals surface area (Å²) in [4.78, 5) is 2.59. The van der Waals surface area contributed by atoms with E-state index < -0.39 is 5.41 Å². The summed E-state index contributed by atoms with van der Waals surface area (Å²) < 4.78 is 2.42. The Balaban J connectivity index is 1.06. The molecule has 13 aromatic rings. The summed E-state index contributed by atoms with van der Waals surface area (Å²) in [6.07, 6.45) is 0. The van der Waals surface area contributed by atoms with Crippen molar-refractivity contribution in [2.75, 3.05) is 4.90 Å². The highest BCUT2D eigenvalue weighted by atomic mass is 15.1. The number of fused-ring (bicyclic) bond motifs is 19. The SMILES string of the molecule is c1ccc(-n2c3ccccc3c3ccc(-c4ccccc4N(c4ccc5c6ccccc6c6ccccc6c5c4)c4cccc5c4C4(c6ccccc6-c6ccccc64)c4ccccc4-5)cc32)cc1. The summed E-state index contributed by atoms with van der Waals surface area (Å²) >= 11 is 0. The summed E-state index contributed by atoms with van der Waals surface area (Å²) in [7, 11) is 0. The Labute approximate surface area is 400 Å². The molecule has 1 spiro atoms. The van der Waals surface area contributed by atoms with Crippen LogP contribution in [0.15, 0.2) is 255 Å². The first kappa shape index (κ1) is 38.2. The van der Waals surface area contributed by atoms with E-state index in [0.717, 1.165) is 33.9 Å². The lowest BCUT2D eigenvalue weighted by molar-refractivity contribution is 0.793. The highest BCUT2D eigenvalue weighted by Gasteiger charge is 2.53. The van der Waals surface area contributed by atoms with Crippen molar-refractivity contribution in [3.63, 3.8) is 0 Å². The van der Waals surface area contributed by atoms with Gasteiger partial charge in [0.15, 0.2) is 0 Å². The molecule has 0 saturated carbocycles. The van der Waals surface area contributed by atoms with E-state index in [1.807, 2.05) is 0 Å². The van der Waals surface area contributed by atoms with Gasteiger partial charge in [0.2, 0.25) is 0 Å². The Morgan fingerprint density at radius 1 is 0.290 bits per heavy atom. The molecule has 1 heterocycles. The number of anilines is 3. The molecule has 0 N–H and O–H groups in total. The van der Waals surface area contributed by atoms with Gasteiger partial charge in [-0.1, -0.05) is 206 Å². The van der Waals surface area contributed by atoms with Gasteiger partial charge in [-0.05, 0) is 125 Å². The minimum Gasteiger partial charge on any atom is -0.309 e. The largest absolute Gasteiger partial charge is 0.309 e. The van der Waals surface area contributed by atoms with Crippen molar-refractivity contribution in [1.82, 2.24) is 4.57 Å². The normalized spacial score (nSPS) is 13.0. The van der Waals surface area contributed by atoms with Gasteiger partial charge in [-0.15, -0.1) is 0 Å². The zero-order valence-electron chi connectivity index (χ0n) is 37.6. The third kappa shape index (κ3) is 5.20. The maximum absolute atomic E-state index is 2.59. The van der Waals surface area contributed by atoms with Gasteiger partial charge in [-0.3, -0.25) is 0 Å². The van der Waals surface area contributed by atoms with Gasteiger partial charge in [-0.2, -0.15) is 0 Å². The number of benzene rings is 12. The molecule has 0 bridgehead atoms. The molecule has 2 aliphatic rings. The second-order valence-electron chi connectivity index (χ2n) is 18.7. The van der Waals surface area contributed by atoms with E-state index in [0.29, 0.717) is 0 Å². The molecule has 1 aromatic heterocycles. The molecule has 0 fully saturated rings. The number of para-hydroxylation sites is 3. The van der Waals surface area contributed by atoms with E-state index >= 15 is 0 Å². The van der Waals surface area contributed by atoms with Crippen LogP contribution in [0.1, 0.15) is 22.3 Å². The first-order chi connectivity index (χ1) is 34.3. The topological polar surface area (TPSA) is 8.17 Å². The second kappa shape index (κ2) is 14.5. The van der Waals surface area contributed by atoms with Crippen LogP contribution in [0, 0.1) is 0 Å². The van der Waals surface area contributed by atoms with Gasteiger partial charge >= 0.3 is 0 Å². The zero-order valence-corrected chi connectivity index (χ0v) is 37.6. The number of nitrogens with zero attached hydrogens (tertiary/aromatic N) is 2. The van der Waals surface area contributed by atoms with Crippen molar-refractivity contribution in [2.24, 2.45) is 0 Å².